The van der Waals surface area contributed by atoms with Crippen LogP contribution in [0.5, 0.6) is 0 Å². The lowest BCUT2D eigenvalue weighted by Crippen LogP contribution is -2.30. The second-order valence-corrected chi connectivity index (χ2v) is 5.97. The molecular weight excluding hydrogens is 405 g/mol. The minimum atomic E-state index is -4.52. The number of nitrogens with zero attached hydrogens (tertiary/aromatic N) is 1. The zero-order valence-corrected chi connectivity index (χ0v) is 14.9. The van der Waals surface area contributed by atoms with E-state index in [1.807, 2.05) is 0 Å². The average molecular weight is 417 g/mol. The molecule has 0 heterocycles. The Hall–Kier alpha value is -3.14. The molecule has 0 saturated carbocycles. The van der Waals surface area contributed by atoms with Crippen molar-refractivity contribution >= 4 is 34.9 Å². The predicted molar refractivity (Wildman–Crippen MR) is 93.1 cm³/mol. The number of hydrogen-bond acceptors (Lipinski definition) is 5. The van der Waals surface area contributed by atoms with Crippen LogP contribution in [-0.2, 0) is 15.7 Å². The normalized spacial score (nSPS) is 12.2. The van der Waals surface area contributed by atoms with Gasteiger partial charge in [-0.05, 0) is 43.3 Å². The minimum absolute atomic E-state index is 0.0383. The SMILES string of the molecule is CC(OC(=O)c1ccc(Cl)cc1[N+](=O)[O-])C(=O)Nc1ccc(C(F)(F)F)cc1. The van der Waals surface area contributed by atoms with E-state index in [0.29, 0.717) is 0 Å². The number of benzene rings is 2. The maximum Gasteiger partial charge on any atom is 0.416 e. The summed E-state index contributed by atoms with van der Waals surface area (Å²) in [7, 11) is 0. The fraction of sp³-hybridized carbons (Fsp3) is 0.176. The molecule has 0 aliphatic rings. The summed E-state index contributed by atoms with van der Waals surface area (Å²) >= 11 is 5.66. The van der Waals surface area contributed by atoms with E-state index in [1.165, 1.54) is 13.0 Å². The van der Waals surface area contributed by atoms with Gasteiger partial charge in [-0.2, -0.15) is 13.2 Å². The highest BCUT2D eigenvalue weighted by atomic mass is 35.5. The fourth-order valence-electron chi connectivity index (χ4n) is 2.09. The molecule has 0 fully saturated rings. The number of amides is 1. The summed E-state index contributed by atoms with van der Waals surface area (Å²) in [6, 6.07) is 6.94. The molecule has 28 heavy (non-hydrogen) atoms. The first-order valence-corrected chi connectivity index (χ1v) is 8.00. The van der Waals surface area contributed by atoms with Crippen molar-refractivity contribution in [3.05, 3.63) is 68.7 Å². The molecule has 1 N–H and O–H groups in total. The number of nitro groups is 1. The Balaban J connectivity index is 2.06. The molecule has 0 bridgehead atoms. The van der Waals surface area contributed by atoms with Gasteiger partial charge in [0.05, 0.1) is 10.5 Å². The van der Waals surface area contributed by atoms with Gasteiger partial charge in [0.1, 0.15) is 5.56 Å². The lowest BCUT2D eigenvalue weighted by Gasteiger charge is -2.14. The summed E-state index contributed by atoms with van der Waals surface area (Å²) in [6.07, 6.45) is -5.89. The third-order valence-electron chi connectivity index (χ3n) is 3.51. The molecule has 0 aromatic heterocycles. The van der Waals surface area contributed by atoms with Crippen molar-refractivity contribution < 1.29 is 32.4 Å². The van der Waals surface area contributed by atoms with E-state index in [2.05, 4.69) is 5.32 Å². The van der Waals surface area contributed by atoms with Crippen LogP contribution in [0.3, 0.4) is 0 Å². The number of carbonyl (C=O) groups excluding carboxylic acids is 2. The number of anilines is 1. The Morgan fingerprint density at radius 2 is 1.79 bits per heavy atom. The molecule has 1 unspecified atom stereocenters. The number of alkyl halides is 3. The topological polar surface area (TPSA) is 98.5 Å². The summed E-state index contributed by atoms with van der Waals surface area (Å²) < 4.78 is 42.5. The number of carbonyl (C=O) groups is 2. The predicted octanol–water partition coefficient (Wildman–Crippen LogP) is 4.45. The summed E-state index contributed by atoms with van der Waals surface area (Å²) in [4.78, 5) is 34.4. The number of halogens is 4. The summed E-state index contributed by atoms with van der Waals surface area (Å²) in [5, 5.41) is 13.3. The molecule has 7 nitrogen and oxygen atoms in total. The lowest BCUT2D eigenvalue weighted by molar-refractivity contribution is -0.385. The molecule has 2 aromatic carbocycles. The van der Waals surface area contributed by atoms with Crippen molar-refractivity contribution in [3.63, 3.8) is 0 Å². The monoisotopic (exact) mass is 416 g/mol. The van der Waals surface area contributed by atoms with Crippen LogP contribution in [0.15, 0.2) is 42.5 Å². The zero-order chi connectivity index (χ0) is 21.1. The largest absolute Gasteiger partial charge is 0.449 e. The van der Waals surface area contributed by atoms with Gasteiger partial charge >= 0.3 is 12.1 Å². The highest BCUT2D eigenvalue weighted by Crippen LogP contribution is 2.30. The van der Waals surface area contributed by atoms with E-state index in [-0.39, 0.29) is 10.7 Å². The van der Waals surface area contributed by atoms with Crippen molar-refractivity contribution in [1.82, 2.24) is 0 Å². The van der Waals surface area contributed by atoms with E-state index in [4.69, 9.17) is 16.3 Å². The number of rotatable bonds is 5. The Bertz CT molecular complexity index is 916. The smallest absolute Gasteiger partial charge is 0.416 e. The van der Waals surface area contributed by atoms with Gasteiger partial charge in [-0.15, -0.1) is 0 Å². The minimum Gasteiger partial charge on any atom is -0.449 e. The molecule has 11 heteroatoms. The number of esters is 1. The Kier molecular flexibility index (Phi) is 6.24. The van der Waals surface area contributed by atoms with Crippen molar-refractivity contribution in [2.24, 2.45) is 0 Å². The quantitative estimate of drug-likeness (QED) is 0.441. The molecule has 1 amide bonds. The van der Waals surface area contributed by atoms with Crippen molar-refractivity contribution in [2.45, 2.75) is 19.2 Å². The highest BCUT2D eigenvalue weighted by Gasteiger charge is 2.30. The molecule has 2 aromatic rings. The molecule has 2 rings (SSSR count). The van der Waals surface area contributed by atoms with Gasteiger partial charge in [0, 0.05) is 16.8 Å². The van der Waals surface area contributed by atoms with Crippen LogP contribution in [0, 0.1) is 10.1 Å². The van der Waals surface area contributed by atoms with E-state index < -0.39 is 45.9 Å². The third-order valence-corrected chi connectivity index (χ3v) is 3.74. The van der Waals surface area contributed by atoms with Crippen LogP contribution < -0.4 is 5.32 Å². The van der Waals surface area contributed by atoms with Crippen molar-refractivity contribution in [2.75, 3.05) is 5.32 Å². The zero-order valence-electron chi connectivity index (χ0n) is 14.1. The lowest BCUT2D eigenvalue weighted by atomic mass is 10.2. The van der Waals surface area contributed by atoms with Gasteiger partial charge in [-0.25, -0.2) is 4.79 Å². The molecular formula is C17H12ClF3N2O5. The Morgan fingerprint density at radius 1 is 1.18 bits per heavy atom. The fourth-order valence-corrected chi connectivity index (χ4v) is 2.26. The van der Waals surface area contributed by atoms with Gasteiger partial charge < -0.3 is 10.1 Å². The molecule has 148 valence electrons. The van der Waals surface area contributed by atoms with Crippen LogP contribution in [0.1, 0.15) is 22.8 Å². The molecule has 0 radical (unpaired) electrons. The molecule has 1 atom stereocenters. The number of hydrogen-bond donors (Lipinski definition) is 1. The molecule has 0 aliphatic heterocycles. The number of ether oxygens (including phenoxy) is 1. The van der Waals surface area contributed by atoms with Crippen molar-refractivity contribution in [3.8, 4) is 0 Å². The Labute approximate surface area is 161 Å². The highest BCUT2D eigenvalue weighted by molar-refractivity contribution is 6.31. The number of nitro benzene ring substituents is 1. The standard InChI is InChI=1S/C17H12ClF3N2O5/c1-9(15(24)22-12-5-2-10(3-6-12)17(19,20)21)28-16(25)13-7-4-11(18)8-14(13)23(26)27/h2-9H,1H3,(H,22,24). The maximum atomic E-state index is 12.5. The van der Waals surface area contributed by atoms with Crippen LogP contribution in [0.4, 0.5) is 24.5 Å². The molecule has 0 aliphatic carbocycles. The third kappa shape index (κ3) is 5.19. The summed E-state index contributed by atoms with van der Waals surface area (Å²) in [6.45, 7) is 1.21. The Morgan fingerprint density at radius 3 is 2.32 bits per heavy atom. The van der Waals surface area contributed by atoms with Crippen LogP contribution >= 0.6 is 11.6 Å². The van der Waals surface area contributed by atoms with E-state index >= 15 is 0 Å². The second-order valence-electron chi connectivity index (χ2n) is 5.53. The van der Waals surface area contributed by atoms with Gasteiger partial charge in [-0.3, -0.25) is 14.9 Å². The first-order chi connectivity index (χ1) is 13.0. The average Bonchev–Trinajstić information content (AvgIpc) is 2.61. The molecule has 0 spiro atoms. The van der Waals surface area contributed by atoms with E-state index in [9.17, 15) is 32.9 Å². The van der Waals surface area contributed by atoms with E-state index in [0.717, 1.165) is 36.4 Å². The first-order valence-electron chi connectivity index (χ1n) is 7.62. The van der Waals surface area contributed by atoms with Crippen LogP contribution in [0.25, 0.3) is 0 Å². The van der Waals surface area contributed by atoms with Gasteiger partial charge in [0.25, 0.3) is 11.6 Å². The van der Waals surface area contributed by atoms with Gasteiger partial charge in [0.2, 0.25) is 0 Å². The van der Waals surface area contributed by atoms with Crippen LogP contribution in [-0.4, -0.2) is 22.9 Å². The van der Waals surface area contributed by atoms with Gasteiger partial charge in [-0.1, -0.05) is 11.6 Å². The summed E-state index contributed by atoms with van der Waals surface area (Å²) in [5.74, 6) is -1.96. The summed E-state index contributed by atoms with van der Waals surface area (Å²) in [5.41, 5.74) is -1.82. The first kappa shape index (κ1) is 21.2. The van der Waals surface area contributed by atoms with E-state index in [1.54, 1.807) is 0 Å². The second kappa shape index (κ2) is 8.26. The molecule has 0 saturated heterocycles. The van der Waals surface area contributed by atoms with Crippen LogP contribution in [0.2, 0.25) is 5.02 Å². The maximum absolute atomic E-state index is 12.5. The van der Waals surface area contributed by atoms with Crippen molar-refractivity contribution in [1.29, 1.82) is 0 Å². The number of nitrogens with one attached hydrogen (secondary N) is 1. The van der Waals surface area contributed by atoms with Gasteiger partial charge in [0.15, 0.2) is 6.10 Å².